The van der Waals surface area contributed by atoms with Crippen molar-refractivity contribution in [3.8, 4) is 5.75 Å². The van der Waals surface area contributed by atoms with Gasteiger partial charge in [-0.25, -0.2) is 0 Å². The van der Waals surface area contributed by atoms with Gasteiger partial charge in [0.1, 0.15) is 12.0 Å². The summed E-state index contributed by atoms with van der Waals surface area (Å²) >= 11 is 0. The third-order valence-electron chi connectivity index (χ3n) is 4.17. The first-order valence-corrected chi connectivity index (χ1v) is 8.04. The normalized spacial score (nSPS) is 16.0. The summed E-state index contributed by atoms with van der Waals surface area (Å²) in [6, 6.07) is 8.46. The topological polar surface area (TPSA) is 26.3 Å². The van der Waals surface area contributed by atoms with Crippen LogP contribution in [0.4, 0.5) is 0 Å². The number of rotatable bonds is 8. The Morgan fingerprint density at radius 3 is 2.50 bits per heavy atom. The van der Waals surface area contributed by atoms with Crippen molar-refractivity contribution in [3.63, 3.8) is 0 Å². The molecule has 2 rings (SSSR count). The van der Waals surface area contributed by atoms with E-state index in [0.717, 1.165) is 43.8 Å². The van der Waals surface area contributed by atoms with Crippen molar-refractivity contribution in [1.29, 1.82) is 0 Å². The Hall–Kier alpha value is -1.31. The van der Waals surface area contributed by atoms with Gasteiger partial charge in [0.2, 0.25) is 0 Å². The summed E-state index contributed by atoms with van der Waals surface area (Å²) in [6.45, 7) is 0.874. The zero-order valence-electron chi connectivity index (χ0n) is 12.4. The number of hydrogen-bond donors (Lipinski definition) is 0. The molecule has 2 heteroatoms. The quantitative estimate of drug-likeness (QED) is 0.513. The van der Waals surface area contributed by atoms with Crippen LogP contribution in [0.2, 0.25) is 0 Å². The summed E-state index contributed by atoms with van der Waals surface area (Å²) in [6.07, 6.45) is 11.6. The molecule has 0 amide bonds. The Morgan fingerprint density at radius 2 is 1.80 bits per heavy atom. The molecule has 0 atom stereocenters. The summed E-state index contributed by atoms with van der Waals surface area (Å²) in [5, 5.41) is 0. The number of carbonyl (C=O) groups is 1. The van der Waals surface area contributed by atoms with E-state index < -0.39 is 0 Å². The molecule has 0 radical (unpaired) electrons. The highest BCUT2D eigenvalue weighted by Gasteiger charge is 2.13. The van der Waals surface area contributed by atoms with E-state index in [4.69, 9.17) is 4.74 Å². The van der Waals surface area contributed by atoms with Gasteiger partial charge in [0.15, 0.2) is 0 Å². The first-order valence-electron chi connectivity index (χ1n) is 8.04. The van der Waals surface area contributed by atoms with Gasteiger partial charge in [0.05, 0.1) is 6.61 Å². The molecule has 0 heterocycles. The zero-order chi connectivity index (χ0) is 14.0. The summed E-state index contributed by atoms with van der Waals surface area (Å²) in [5.41, 5.74) is 1.33. The van der Waals surface area contributed by atoms with E-state index in [9.17, 15) is 4.79 Å². The molecule has 20 heavy (non-hydrogen) atoms. The predicted octanol–water partition coefficient (Wildman–Crippen LogP) is 4.56. The first kappa shape index (κ1) is 15.1. The summed E-state index contributed by atoms with van der Waals surface area (Å²) in [7, 11) is 0. The van der Waals surface area contributed by atoms with Crippen LogP contribution in [0, 0.1) is 5.92 Å². The van der Waals surface area contributed by atoms with E-state index in [1.165, 1.54) is 37.7 Å². The molecule has 0 aliphatic heterocycles. The molecule has 0 bridgehead atoms. The molecule has 1 aliphatic rings. The van der Waals surface area contributed by atoms with Crippen LogP contribution in [-0.4, -0.2) is 12.9 Å². The SMILES string of the molecule is O=CCCCCc1ccc(OCC2CCCCC2)cc1. The van der Waals surface area contributed by atoms with Gasteiger partial charge in [-0.2, -0.15) is 0 Å². The van der Waals surface area contributed by atoms with Gasteiger partial charge in [0, 0.05) is 6.42 Å². The average Bonchev–Trinajstić information content (AvgIpc) is 2.52. The molecule has 0 saturated heterocycles. The van der Waals surface area contributed by atoms with Crippen molar-refractivity contribution >= 4 is 6.29 Å². The molecule has 1 saturated carbocycles. The fourth-order valence-electron chi connectivity index (χ4n) is 2.88. The Balaban J connectivity index is 1.69. The molecular formula is C18H26O2. The molecule has 0 N–H and O–H groups in total. The van der Waals surface area contributed by atoms with Gasteiger partial charge in [-0.05, 0) is 55.7 Å². The molecule has 0 spiro atoms. The molecule has 2 nitrogen and oxygen atoms in total. The molecule has 1 fully saturated rings. The number of aryl methyl sites for hydroxylation is 1. The lowest BCUT2D eigenvalue weighted by Gasteiger charge is -2.21. The van der Waals surface area contributed by atoms with Gasteiger partial charge in [-0.3, -0.25) is 0 Å². The monoisotopic (exact) mass is 274 g/mol. The summed E-state index contributed by atoms with van der Waals surface area (Å²) in [5.74, 6) is 1.75. The molecule has 0 unspecified atom stereocenters. The standard InChI is InChI=1S/C18H26O2/c19-14-6-2-5-7-16-10-12-18(13-11-16)20-15-17-8-3-1-4-9-17/h10-14,17H,1-9,15H2. The minimum atomic E-state index is 0.683. The number of carbonyl (C=O) groups excluding carboxylic acids is 1. The van der Waals surface area contributed by atoms with Crippen molar-refractivity contribution in [2.75, 3.05) is 6.61 Å². The molecule has 1 aromatic rings. The number of benzene rings is 1. The van der Waals surface area contributed by atoms with Crippen LogP contribution < -0.4 is 4.74 Å². The highest BCUT2D eigenvalue weighted by atomic mass is 16.5. The second-order valence-electron chi connectivity index (χ2n) is 5.87. The fourth-order valence-corrected chi connectivity index (χ4v) is 2.88. The minimum Gasteiger partial charge on any atom is -0.493 e. The van der Waals surface area contributed by atoms with E-state index in [2.05, 4.69) is 24.3 Å². The van der Waals surface area contributed by atoms with Crippen LogP contribution in [-0.2, 0) is 11.2 Å². The lowest BCUT2D eigenvalue weighted by atomic mass is 9.90. The number of aldehydes is 1. The van der Waals surface area contributed by atoms with Crippen LogP contribution in [0.5, 0.6) is 5.75 Å². The maximum Gasteiger partial charge on any atom is 0.119 e. The van der Waals surface area contributed by atoms with E-state index >= 15 is 0 Å². The Morgan fingerprint density at radius 1 is 1.05 bits per heavy atom. The molecule has 1 aliphatic carbocycles. The molecule has 0 aromatic heterocycles. The van der Waals surface area contributed by atoms with Crippen LogP contribution >= 0.6 is 0 Å². The third-order valence-corrected chi connectivity index (χ3v) is 4.17. The van der Waals surface area contributed by atoms with E-state index in [1.807, 2.05) is 0 Å². The maximum atomic E-state index is 10.2. The Kier molecular flexibility index (Phi) is 6.62. The number of unbranched alkanes of at least 4 members (excludes halogenated alkanes) is 2. The zero-order valence-corrected chi connectivity index (χ0v) is 12.4. The molecular weight excluding hydrogens is 248 g/mol. The van der Waals surface area contributed by atoms with Gasteiger partial charge >= 0.3 is 0 Å². The van der Waals surface area contributed by atoms with Crippen molar-refractivity contribution in [2.24, 2.45) is 5.92 Å². The smallest absolute Gasteiger partial charge is 0.119 e. The van der Waals surface area contributed by atoms with Gasteiger partial charge in [-0.15, -0.1) is 0 Å². The Labute approximate surface area is 122 Å². The lowest BCUT2D eigenvalue weighted by molar-refractivity contribution is -0.107. The second kappa shape index (κ2) is 8.78. The lowest BCUT2D eigenvalue weighted by Crippen LogP contribution is -2.15. The highest BCUT2D eigenvalue weighted by molar-refractivity contribution is 5.48. The van der Waals surface area contributed by atoms with Crippen LogP contribution in [0.1, 0.15) is 56.9 Å². The third kappa shape index (κ3) is 5.36. The number of hydrogen-bond acceptors (Lipinski definition) is 2. The van der Waals surface area contributed by atoms with E-state index in [-0.39, 0.29) is 0 Å². The van der Waals surface area contributed by atoms with Gasteiger partial charge in [-0.1, -0.05) is 31.4 Å². The summed E-state index contributed by atoms with van der Waals surface area (Å²) in [4.78, 5) is 10.2. The van der Waals surface area contributed by atoms with Gasteiger partial charge < -0.3 is 9.53 Å². The number of ether oxygens (including phenoxy) is 1. The minimum absolute atomic E-state index is 0.683. The predicted molar refractivity (Wildman–Crippen MR) is 82.1 cm³/mol. The van der Waals surface area contributed by atoms with Crippen LogP contribution in [0.25, 0.3) is 0 Å². The summed E-state index contributed by atoms with van der Waals surface area (Å²) < 4.78 is 5.90. The fraction of sp³-hybridized carbons (Fsp3) is 0.611. The second-order valence-corrected chi connectivity index (χ2v) is 5.87. The van der Waals surface area contributed by atoms with Crippen LogP contribution in [0.15, 0.2) is 24.3 Å². The molecule has 1 aromatic carbocycles. The van der Waals surface area contributed by atoms with E-state index in [1.54, 1.807) is 0 Å². The largest absolute Gasteiger partial charge is 0.493 e. The van der Waals surface area contributed by atoms with Crippen molar-refractivity contribution < 1.29 is 9.53 Å². The van der Waals surface area contributed by atoms with Crippen molar-refractivity contribution in [3.05, 3.63) is 29.8 Å². The first-order chi connectivity index (χ1) is 9.88. The van der Waals surface area contributed by atoms with Crippen molar-refractivity contribution in [2.45, 2.75) is 57.8 Å². The maximum absolute atomic E-state index is 10.2. The highest BCUT2D eigenvalue weighted by Crippen LogP contribution is 2.24. The Bertz CT molecular complexity index is 377. The van der Waals surface area contributed by atoms with Crippen LogP contribution in [0.3, 0.4) is 0 Å². The van der Waals surface area contributed by atoms with E-state index in [0.29, 0.717) is 6.42 Å². The van der Waals surface area contributed by atoms with Crippen molar-refractivity contribution in [1.82, 2.24) is 0 Å². The average molecular weight is 274 g/mol. The molecule has 110 valence electrons. The van der Waals surface area contributed by atoms with Gasteiger partial charge in [0.25, 0.3) is 0 Å².